The van der Waals surface area contributed by atoms with Gasteiger partial charge in [0.2, 0.25) is 0 Å². The van der Waals surface area contributed by atoms with E-state index in [9.17, 15) is 9.59 Å². The number of hydrogen-bond donors (Lipinski definition) is 1. The van der Waals surface area contributed by atoms with Gasteiger partial charge < -0.3 is 4.98 Å². The highest BCUT2D eigenvalue weighted by Gasteiger charge is 2.03. The van der Waals surface area contributed by atoms with Crippen LogP contribution >= 0.6 is 22.9 Å². The zero-order valence-corrected chi connectivity index (χ0v) is 14.4. The molecule has 3 nitrogen and oxygen atoms in total. The fraction of sp³-hybridized carbons (Fsp3) is 0.0526. The fourth-order valence-corrected chi connectivity index (χ4v) is 3.26. The van der Waals surface area contributed by atoms with Crippen molar-refractivity contribution in [3.05, 3.63) is 89.8 Å². The lowest BCUT2D eigenvalue weighted by Crippen LogP contribution is -2.20. The third-order valence-electron chi connectivity index (χ3n) is 3.41. The van der Waals surface area contributed by atoms with Crippen molar-refractivity contribution in [1.82, 2.24) is 4.98 Å². The molecule has 0 bridgehead atoms. The lowest BCUT2D eigenvalue weighted by atomic mass is 10.1. The Hall–Kier alpha value is -2.43. The number of aromatic nitrogens is 1. The lowest BCUT2D eigenvalue weighted by molar-refractivity contribution is 0.106. The molecule has 3 aromatic rings. The molecule has 5 heteroatoms. The van der Waals surface area contributed by atoms with Crippen LogP contribution in [-0.4, -0.2) is 10.8 Å². The molecule has 0 radical (unpaired) electrons. The maximum atomic E-state index is 12.2. The predicted molar refractivity (Wildman–Crippen MR) is 99.2 cm³/mol. The SMILES string of the molecule is Cc1cccc(C=c2sc(=CC(=O)c3ccc(Cl)cc3)[nH]c2=O)c1. The third kappa shape index (κ3) is 3.91. The number of halogens is 1. The van der Waals surface area contributed by atoms with Crippen molar-refractivity contribution in [3.63, 3.8) is 0 Å². The number of carbonyl (C=O) groups excluding carboxylic acids is 1. The molecule has 0 saturated heterocycles. The number of nitrogens with one attached hydrogen (secondary N) is 1. The van der Waals surface area contributed by atoms with Crippen molar-refractivity contribution in [2.24, 2.45) is 0 Å². The Balaban J connectivity index is 1.98. The number of aromatic amines is 1. The number of hydrogen-bond acceptors (Lipinski definition) is 3. The number of ketones is 1. The van der Waals surface area contributed by atoms with Crippen LogP contribution in [0.25, 0.3) is 12.2 Å². The summed E-state index contributed by atoms with van der Waals surface area (Å²) in [6, 6.07) is 14.5. The van der Waals surface area contributed by atoms with Crippen LogP contribution in [-0.2, 0) is 0 Å². The van der Waals surface area contributed by atoms with E-state index in [1.807, 2.05) is 37.3 Å². The van der Waals surface area contributed by atoms with Gasteiger partial charge in [-0.1, -0.05) is 41.4 Å². The molecule has 0 unspecified atom stereocenters. The molecule has 0 aliphatic heterocycles. The minimum atomic E-state index is -0.198. The second kappa shape index (κ2) is 6.99. The summed E-state index contributed by atoms with van der Waals surface area (Å²) in [6.07, 6.45) is 3.25. The molecular weight excluding hydrogens is 342 g/mol. The summed E-state index contributed by atoms with van der Waals surface area (Å²) in [4.78, 5) is 27.0. The zero-order valence-electron chi connectivity index (χ0n) is 12.9. The standard InChI is InChI=1S/C19H14ClNO2S/c1-12-3-2-4-13(9-12)10-17-19(23)21-18(24-17)11-16(22)14-5-7-15(20)8-6-14/h2-11H,1H3,(H,21,23). The summed E-state index contributed by atoms with van der Waals surface area (Å²) in [5.41, 5.74) is 2.41. The molecule has 1 heterocycles. The van der Waals surface area contributed by atoms with Crippen LogP contribution in [0.5, 0.6) is 0 Å². The van der Waals surface area contributed by atoms with Crippen molar-refractivity contribution in [3.8, 4) is 0 Å². The van der Waals surface area contributed by atoms with Crippen molar-refractivity contribution in [1.29, 1.82) is 0 Å². The first-order valence-corrected chi connectivity index (χ1v) is 8.50. The van der Waals surface area contributed by atoms with Crippen LogP contribution in [0.4, 0.5) is 0 Å². The summed E-state index contributed by atoms with van der Waals surface area (Å²) in [6.45, 7) is 2.00. The molecule has 1 N–H and O–H groups in total. The van der Waals surface area contributed by atoms with Gasteiger partial charge in [-0.05, 0) is 42.8 Å². The van der Waals surface area contributed by atoms with Gasteiger partial charge in [-0.2, -0.15) is 0 Å². The molecule has 1 aromatic heterocycles. The smallest absolute Gasteiger partial charge is 0.266 e. The quantitative estimate of drug-likeness (QED) is 0.734. The Labute approximate surface area is 147 Å². The van der Waals surface area contributed by atoms with E-state index < -0.39 is 0 Å². The van der Waals surface area contributed by atoms with Gasteiger partial charge in [-0.15, -0.1) is 11.3 Å². The van der Waals surface area contributed by atoms with Gasteiger partial charge in [0, 0.05) is 16.7 Å². The second-order valence-corrected chi connectivity index (χ2v) is 6.88. The summed E-state index contributed by atoms with van der Waals surface area (Å²) in [5.74, 6) is -0.175. The number of carbonyl (C=O) groups is 1. The van der Waals surface area contributed by atoms with Gasteiger partial charge >= 0.3 is 0 Å². The van der Waals surface area contributed by atoms with Crippen LogP contribution in [0.15, 0.2) is 53.3 Å². The van der Waals surface area contributed by atoms with Gasteiger partial charge in [0.25, 0.3) is 5.56 Å². The van der Waals surface area contributed by atoms with Crippen LogP contribution in [0.3, 0.4) is 0 Å². The number of benzene rings is 2. The summed E-state index contributed by atoms with van der Waals surface area (Å²) in [5, 5.41) is 0.575. The van der Waals surface area contributed by atoms with E-state index in [2.05, 4.69) is 4.98 Å². The normalized spacial score (nSPS) is 12.6. The number of rotatable bonds is 3. The van der Waals surface area contributed by atoms with Crippen molar-refractivity contribution in [2.75, 3.05) is 0 Å². The molecule has 0 saturated carbocycles. The van der Waals surface area contributed by atoms with Crippen LogP contribution in [0.2, 0.25) is 5.02 Å². The molecular formula is C19H14ClNO2S. The first-order chi connectivity index (χ1) is 11.5. The van der Waals surface area contributed by atoms with Crippen molar-refractivity contribution >= 4 is 40.9 Å². The monoisotopic (exact) mass is 355 g/mol. The minimum Gasteiger partial charge on any atom is -0.313 e. The fourth-order valence-electron chi connectivity index (χ4n) is 2.25. The first-order valence-electron chi connectivity index (χ1n) is 7.30. The Morgan fingerprint density at radius 2 is 1.92 bits per heavy atom. The van der Waals surface area contributed by atoms with E-state index in [4.69, 9.17) is 11.6 Å². The molecule has 0 aliphatic carbocycles. The maximum Gasteiger partial charge on any atom is 0.266 e. The van der Waals surface area contributed by atoms with Gasteiger partial charge in [0.05, 0.1) is 9.20 Å². The van der Waals surface area contributed by atoms with Gasteiger partial charge in [0.1, 0.15) is 0 Å². The Morgan fingerprint density at radius 1 is 1.17 bits per heavy atom. The average Bonchev–Trinajstić information content (AvgIpc) is 2.87. The summed E-state index contributed by atoms with van der Waals surface area (Å²) < 4.78 is 1.09. The first kappa shape index (κ1) is 16.4. The molecule has 0 fully saturated rings. The molecule has 2 aromatic carbocycles. The topological polar surface area (TPSA) is 49.9 Å². The molecule has 3 rings (SSSR count). The van der Waals surface area contributed by atoms with Crippen molar-refractivity contribution in [2.45, 2.75) is 6.92 Å². The largest absolute Gasteiger partial charge is 0.313 e. The van der Waals surface area contributed by atoms with Gasteiger partial charge in [0.15, 0.2) is 5.78 Å². The van der Waals surface area contributed by atoms with Crippen LogP contribution in [0, 0.1) is 6.92 Å². The lowest BCUT2D eigenvalue weighted by Gasteiger charge is -1.94. The molecule has 120 valence electrons. The number of aryl methyl sites for hydroxylation is 1. The highest BCUT2D eigenvalue weighted by molar-refractivity contribution is 7.07. The van der Waals surface area contributed by atoms with E-state index in [1.54, 1.807) is 24.3 Å². The molecule has 0 amide bonds. The Morgan fingerprint density at radius 3 is 2.62 bits per heavy atom. The minimum absolute atomic E-state index is 0.175. The highest BCUT2D eigenvalue weighted by atomic mass is 35.5. The van der Waals surface area contributed by atoms with Crippen LogP contribution in [0.1, 0.15) is 21.5 Å². The Bertz CT molecular complexity index is 1060. The molecule has 0 aliphatic rings. The number of H-pyrrole nitrogens is 1. The average molecular weight is 356 g/mol. The van der Waals surface area contributed by atoms with E-state index in [-0.39, 0.29) is 11.3 Å². The Kier molecular flexibility index (Phi) is 4.79. The summed E-state index contributed by atoms with van der Waals surface area (Å²) in [7, 11) is 0. The van der Waals surface area contributed by atoms with Gasteiger partial charge in [-0.25, -0.2) is 0 Å². The van der Waals surface area contributed by atoms with E-state index in [0.717, 1.165) is 11.1 Å². The molecule has 24 heavy (non-hydrogen) atoms. The third-order valence-corrected chi connectivity index (χ3v) is 4.63. The van der Waals surface area contributed by atoms with E-state index >= 15 is 0 Å². The van der Waals surface area contributed by atoms with Crippen LogP contribution < -0.4 is 14.8 Å². The zero-order chi connectivity index (χ0) is 17.1. The predicted octanol–water partition coefficient (Wildman–Crippen LogP) is 2.89. The second-order valence-electron chi connectivity index (χ2n) is 5.36. The maximum absolute atomic E-state index is 12.2. The summed E-state index contributed by atoms with van der Waals surface area (Å²) >= 11 is 7.08. The number of Topliss-reactive ketones (excluding diaryl/α,β-unsaturated/α-hetero) is 1. The highest BCUT2D eigenvalue weighted by Crippen LogP contribution is 2.10. The van der Waals surface area contributed by atoms with Crippen molar-refractivity contribution < 1.29 is 4.79 Å². The molecule has 0 atom stereocenters. The molecule has 0 spiro atoms. The van der Waals surface area contributed by atoms with Gasteiger partial charge in [-0.3, -0.25) is 9.59 Å². The van der Waals surface area contributed by atoms with E-state index in [1.165, 1.54) is 17.4 Å². The number of thiazole rings is 1. The van der Waals surface area contributed by atoms with E-state index in [0.29, 0.717) is 19.8 Å².